The molecule has 0 aliphatic rings. The quantitative estimate of drug-likeness (QED) is 0.676. The number of carbonyl (C=O) groups is 1. The van der Waals surface area contributed by atoms with Gasteiger partial charge in [0.15, 0.2) is 11.5 Å². The highest BCUT2D eigenvalue weighted by Gasteiger charge is 2.10. The van der Waals surface area contributed by atoms with Gasteiger partial charge in [0, 0.05) is 5.69 Å². The Hall–Kier alpha value is -3.48. The van der Waals surface area contributed by atoms with Crippen LogP contribution in [0.25, 0.3) is 0 Å². The Morgan fingerprint density at radius 2 is 1.74 bits per heavy atom. The van der Waals surface area contributed by atoms with E-state index in [4.69, 9.17) is 4.74 Å². The summed E-state index contributed by atoms with van der Waals surface area (Å²) in [6.45, 7) is 3.89. The molecule has 1 aromatic heterocycles. The first-order valence-electron chi connectivity index (χ1n) is 8.44. The average Bonchev–Trinajstić information content (AvgIpc) is 2.65. The molecular formula is C20H19FN4O2. The van der Waals surface area contributed by atoms with Gasteiger partial charge in [0.05, 0.1) is 11.8 Å². The first kappa shape index (κ1) is 18.3. The third-order valence-corrected chi connectivity index (χ3v) is 3.52. The Bertz CT molecular complexity index is 912. The van der Waals surface area contributed by atoms with Gasteiger partial charge >= 0.3 is 0 Å². The minimum absolute atomic E-state index is 0.0807. The zero-order chi connectivity index (χ0) is 19.2. The predicted octanol–water partition coefficient (Wildman–Crippen LogP) is 4.40. The van der Waals surface area contributed by atoms with E-state index in [2.05, 4.69) is 20.8 Å². The Morgan fingerprint density at radius 3 is 2.37 bits per heavy atom. The van der Waals surface area contributed by atoms with Crippen LogP contribution in [-0.2, 0) is 0 Å². The highest BCUT2D eigenvalue weighted by molar-refractivity contribution is 6.02. The largest absolute Gasteiger partial charge is 0.491 e. The summed E-state index contributed by atoms with van der Waals surface area (Å²) in [5.74, 6) is 0.279. The molecular weight excluding hydrogens is 347 g/mol. The summed E-state index contributed by atoms with van der Waals surface area (Å²) in [4.78, 5) is 12.3. The van der Waals surface area contributed by atoms with E-state index in [9.17, 15) is 9.18 Å². The summed E-state index contributed by atoms with van der Waals surface area (Å²) in [6.07, 6.45) is 0.0807. The van der Waals surface area contributed by atoms with Crippen LogP contribution in [0.1, 0.15) is 24.3 Å². The summed E-state index contributed by atoms with van der Waals surface area (Å²) < 4.78 is 19.2. The topological polar surface area (TPSA) is 76.1 Å². The fraction of sp³-hybridized carbons (Fsp3) is 0.150. The van der Waals surface area contributed by atoms with Crippen molar-refractivity contribution in [3.05, 3.63) is 72.2 Å². The van der Waals surface area contributed by atoms with Gasteiger partial charge in [-0.05, 0) is 62.4 Å². The molecule has 0 unspecified atom stereocenters. The van der Waals surface area contributed by atoms with Gasteiger partial charge in [-0.3, -0.25) is 4.79 Å². The molecule has 0 aliphatic carbocycles. The number of nitrogens with zero attached hydrogens (tertiary/aromatic N) is 2. The molecule has 2 aromatic carbocycles. The Morgan fingerprint density at radius 1 is 1.00 bits per heavy atom. The van der Waals surface area contributed by atoms with Crippen LogP contribution in [0.4, 0.5) is 21.6 Å². The van der Waals surface area contributed by atoms with Crippen molar-refractivity contribution in [2.45, 2.75) is 20.0 Å². The van der Waals surface area contributed by atoms with Crippen LogP contribution < -0.4 is 15.4 Å². The number of aromatic nitrogens is 2. The lowest BCUT2D eigenvalue weighted by molar-refractivity contribution is 0.102. The normalized spacial score (nSPS) is 10.5. The number of amides is 1. The lowest BCUT2D eigenvalue weighted by atomic mass is 10.2. The van der Waals surface area contributed by atoms with E-state index >= 15 is 0 Å². The molecule has 0 radical (unpaired) electrons. The summed E-state index contributed by atoms with van der Waals surface area (Å²) in [7, 11) is 0. The van der Waals surface area contributed by atoms with Crippen molar-refractivity contribution in [3.8, 4) is 5.75 Å². The highest BCUT2D eigenvalue weighted by Crippen LogP contribution is 2.19. The molecule has 0 saturated carbocycles. The summed E-state index contributed by atoms with van der Waals surface area (Å²) in [6, 6.07) is 16.4. The maximum atomic E-state index is 13.6. The fourth-order valence-corrected chi connectivity index (χ4v) is 2.30. The lowest BCUT2D eigenvalue weighted by Gasteiger charge is -2.10. The van der Waals surface area contributed by atoms with Crippen molar-refractivity contribution < 1.29 is 13.9 Å². The molecule has 0 aliphatic heterocycles. The van der Waals surface area contributed by atoms with Crippen LogP contribution in [0.2, 0.25) is 0 Å². The molecule has 1 heterocycles. The molecule has 0 atom stereocenters. The zero-order valence-corrected chi connectivity index (χ0v) is 14.9. The Balaban J connectivity index is 1.63. The van der Waals surface area contributed by atoms with Crippen molar-refractivity contribution in [1.29, 1.82) is 0 Å². The minimum Gasteiger partial charge on any atom is -0.491 e. The Kier molecular flexibility index (Phi) is 5.61. The van der Waals surface area contributed by atoms with Crippen molar-refractivity contribution in [1.82, 2.24) is 10.2 Å². The monoisotopic (exact) mass is 366 g/mol. The first-order valence-corrected chi connectivity index (χ1v) is 8.44. The van der Waals surface area contributed by atoms with E-state index in [1.807, 2.05) is 13.8 Å². The zero-order valence-electron chi connectivity index (χ0n) is 14.9. The van der Waals surface area contributed by atoms with Crippen molar-refractivity contribution in [2.24, 2.45) is 0 Å². The van der Waals surface area contributed by atoms with Crippen molar-refractivity contribution in [2.75, 3.05) is 10.6 Å². The first-order chi connectivity index (χ1) is 13.0. The predicted molar refractivity (Wildman–Crippen MR) is 102 cm³/mol. The molecule has 3 aromatic rings. The standard InChI is InChI=1S/C20H19FN4O2/c1-13(2)27-15-9-7-14(8-10-15)22-20(26)18-11-12-19(25-24-18)23-17-6-4-3-5-16(17)21/h3-13H,1-2H3,(H,22,26)(H,23,25). The number of hydrogen-bond acceptors (Lipinski definition) is 5. The molecule has 138 valence electrons. The van der Waals surface area contributed by atoms with Gasteiger partial charge in [-0.2, -0.15) is 0 Å². The maximum Gasteiger partial charge on any atom is 0.276 e. The maximum absolute atomic E-state index is 13.6. The number of rotatable bonds is 6. The summed E-state index contributed by atoms with van der Waals surface area (Å²) >= 11 is 0. The lowest BCUT2D eigenvalue weighted by Crippen LogP contribution is -2.14. The molecule has 7 heteroatoms. The molecule has 2 N–H and O–H groups in total. The van der Waals surface area contributed by atoms with Gasteiger partial charge < -0.3 is 15.4 Å². The molecule has 27 heavy (non-hydrogen) atoms. The van der Waals surface area contributed by atoms with Gasteiger partial charge in [0.2, 0.25) is 0 Å². The number of anilines is 3. The summed E-state index contributed by atoms with van der Waals surface area (Å²) in [5, 5.41) is 13.4. The van der Waals surface area contributed by atoms with Gasteiger partial charge in [-0.15, -0.1) is 10.2 Å². The second-order valence-electron chi connectivity index (χ2n) is 6.05. The van der Waals surface area contributed by atoms with E-state index < -0.39 is 11.7 Å². The van der Waals surface area contributed by atoms with Crippen molar-refractivity contribution >= 4 is 23.1 Å². The van der Waals surface area contributed by atoms with E-state index in [1.54, 1.807) is 48.5 Å². The summed E-state index contributed by atoms with van der Waals surface area (Å²) in [5.41, 5.74) is 1.05. The van der Waals surface area contributed by atoms with E-state index in [0.717, 1.165) is 5.75 Å². The van der Waals surface area contributed by atoms with Crippen LogP contribution >= 0.6 is 0 Å². The molecule has 0 spiro atoms. The molecule has 6 nitrogen and oxygen atoms in total. The second kappa shape index (κ2) is 8.27. The molecule has 3 rings (SSSR count). The van der Waals surface area contributed by atoms with E-state index in [-0.39, 0.29) is 17.5 Å². The van der Waals surface area contributed by atoms with Crippen LogP contribution in [0.5, 0.6) is 5.75 Å². The molecule has 0 fully saturated rings. The third-order valence-electron chi connectivity index (χ3n) is 3.52. The average molecular weight is 366 g/mol. The Labute approximate surface area is 156 Å². The van der Waals surface area contributed by atoms with Crippen LogP contribution in [0.15, 0.2) is 60.7 Å². The third kappa shape index (κ3) is 5.01. The molecule has 0 saturated heterocycles. The number of benzene rings is 2. The van der Waals surface area contributed by atoms with Gasteiger partial charge in [0.25, 0.3) is 5.91 Å². The second-order valence-corrected chi connectivity index (χ2v) is 6.05. The van der Waals surface area contributed by atoms with Gasteiger partial charge in [-0.1, -0.05) is 12.1 Å². The fourth-order valence-electron chi connectivity index (χ4n) is 2.30. The number of halogens is 1. The van der Waals surface area contributed by atoms with Gasteiger partial charge in [0.1, 0.15) is 11.6 Å². The number of para-hydroxylation sites is 1. The molecule has 1 amide bonds. The van der Waals surface area contributed by atoms with Crippen molar-refractivity contribution in [3.63, 3.8) is 0 Å². The molecule has 0 bridgehead atoms. The van der Waals surface area contributed by atoms with Crippen LogP contribution in [-0.4, -0.2) is 22.2 Å². The van der Waals surface area contributed by atoms with Crippen LogP contribution in [0, 0.1) is 5.82 Å². The van der Waals surface area contributed by atoms with E-state index in [1.165, 1.54) is 12.1 Å². The number of hydrogen-bond donors (Lipinski definition) is 2. The minimum atomic E-state index is -0.397. The number of carbonyl (C=O) groups excluding carboxylic acids is 1. The van der Waals surface area contributed by atoms with Gasteiger partial charge in [-0.25, -0.2) is 4.39 Å². The highest BCUT2D eigenvalue weighted by atomic mass is 19.1. The SMILES string of the molecule is CC(C)Oc1ccc(NC(=O)c2ccc(Nc3ccccc3F)nn2)cc1. The smallest absolute Gasteiger partial charge is 0.276 e. The van der Waals surface area contributed by atoms with Crippen LogP contribution in [0.3, 0.4) is 0 Å². The van der Waals surface area contributed by atoms with E-state index in [0.29, 0.717) is 11.5 Å². The number of ether oxygens (including phenoxy) is 1. The number of nitrogens with one attached hydrogen (secondary N) is 2.